The first-order valence-electron chi connectivity index (χ1n) is 5.99. The Bertz CT molecular complexity index is 371. The molecule has 4 nitrogen and oxygen atoms in total. The van der Waals surface area contributed by atoms with E-state index in [1.54, 1.807) is 11.3 Å². The molecule has 0 spiro atoms. The SMILES string of the molecule is CCNCc1nc(CN2CCS(=O)CC2)cs1. The Morgan fingerprint density at radius 1 is 1.53 bits per heavy atom. The number of nitrogens with one attached hydrogen (secondary N) is 1. The van der Waals surface area contributed by atoms with Gasteiger partial charge in [-0.15, -0.1) is 11.3 Å². The Labute approximate surface area is 109 Å². The van der Waals surface area contributed by atoms with Crippen molar-refractivity contribution in [3.63, 3.8) is 0 Å². The number of hydrogen-bond acceptors (Lipinski definition) is 5. The number of nitrogens with zero attached hydrogens (tertiary/aromatic N) is 2. The van der Waals surface area contributed by atoms with Gasteiger partial charge < -0.3 is 5.32 Å². The Morgan fingerprint density at radius 2 is 2.29 bits per heavy atom. The predicted molar refractivity (Wildman–Crippen MR) is 72.6 cm³/mol. The standard InChI is InChI=1S/C11H19N3OS2/c1-2-12-7-11-13-10(9-16-11)8-14-3-5-17(15)6-4-14/h9,12H,2-8H2,1H3. The van der Waals surface area contributed by atoms with Crippen molar-refractivity contribution in [2.24, 2.45) is 0 Å². The average Bonchev–Trinajstić information content (AvgIpc) is 2.77. The molecule has 0 aromatic carbocycles. The fraction of sp³-hybridized carbons (Fsp3) is 0.727. The molecule has 0 unspecified atom stereocenters. The smallest absolute Gasteiger partial charge is 0.107 e. The van der Waals surface area contributed by atoms with Crippen LogP contribution < -0.4 is 5.32 Å². The summed E-state index contributed by atoms with van der Waals surface area (Å²) in [5, 5.41) is 6.57. The van der Waals surface area contributed by atoms with Crippen LogP contribution in [-0.2, 0) is 23.9 Å². The molecular formula is C11H19N3OS2. The fourth-order valence-corrected chi connectivity index (χ4v) is 3.68. The Kier molecular flexibility index (Phi) is 5.09. The van der Waals surface area contributed by atoms with Crippen molar-refractivity contribution < 1.29 is 4.21 Å². The highest BCUT2D eigenvalue weighted by Crippen LogP contribution is 2.12. The minimum atomic E-state index is -0.587. The van der Waals surface area contributed by atoms with Crippen LogP contribution in [0.5, 0.6) is 0 Å². The highest BCUT2D eigenvalue weighted by Gasteiger charge is 2.16. The van der Waals surface area contributed by atoms with Gasteiger partial charge in [-0.3, -0.25) is 9.11 Å². The molecule has 96 valence electrons. The van der Waals surface area contributed by atoms with E-state index in [0.29, 0.717) is 0 Å². The predicted octanol–water partition coefficient (Wildman–Crippen LogP) is 0.817. The molecule has 0 aliphatic carbocycles. The van der Waals surface area contributed by atoms with Gasteiger partial charge in [0.25, 0.3) is 0 Å². The zero-order valence-corrected chi connectivity index (χ0v) is 11.8. The Hall–Kier alpha value is -0.300. The summed E-state index contributed by atoms with van der Waals surface area (Å²) in [6, 6.07) is 0. The van der Waals surface area contributed by atoms with E-state index in [-0.39, 0.29) is 0 Å². The number of rotatable bonds is 5. The molecule has 0 saturated carbocycles. The van der Waals surface area contributed by atoms with Crippen LogP contribution in [0.25, 0.3) is 0 Å². The van der Waals surface area contributed by atoms with Crippen molar-refractivity contribution in [1.82, 2.24) is 15.2 Å². The van der Waals surface area contributed by atoms with Gasteiger partial charge in [0, 0.05) is 53.9 Å². The van der Waals surface area contributed by atoms with Crippen molar-refractivity contribution in [2.75, 3.05) is 31.1 Å². The van der Waals surface area contributed by atoms with Crippen LogP contribution in [-0.4, -0.2) is 45.2 Å². The third kappa shape index (κ3) is 4.13. The van der Waals surface area contributed by atoms with Crippen LogP contribution in [0.3, 0.4) is 0 Å². The molecule has 0 amide bonds. The summed E-state index contributed by atoms with van der Waals surface area (Å²) in [6.07, 6.45) is 0. The number of aromatic nitrogens is 1. The molecule has 2 heterocycles. The molecule has 17 heavy (non-hydrogen) atoms. The summed E-state index contributed by atoms with van der Waals surface area (Å²) in [7, 11) is -0.587. The number of thiazole rings is 1. The molecule has 1 aromatic rings. The summed E-state index contributed by atoms with van der Waals surface area (Å²) < 4.78 is 11.2. The average molecular weight is 273 g/mol. The van der Waals surface area contributed by atoms with Crippen LogP contribution in [0.1, 0.15) is 17.6 Å². The molecular weight excluding hydrogens is 254 g/mol. The Balaban J connectivity index is 1.82. The summed E-state index contributed by atoms with van der Waals surface area (Å²) in [4.78, 5) is 6.94. The summed E-state index contributed by atoms with van der Waals surface area (Å²) in [6.45, 7) is 6.72. The lowest BCUT2D eigenvalue weighted by Crippen LogP contribution is -2.37. The van der Waals surface area contributed by atoms with E-state index in [0.717, 1.165) is 54.9 Å². The summed E-state index contributed by atoms with van der Waals surface area (Å²) in [5.41, 5.74) is 1.15. The van der Waals surface area contributed by atoms with Gasteiger partial charge in [-0.2, -0.15) is 0 Å². The zero-order chi connectivity index (χ0) is 12.1. The minimum Gasteiger partial charge on any atom is -0.311 e. The molecule has 2 rings (SSSR count). The van der Waals surface area contributed by atoms with Crippen molar-refractivity contribution >= 4 is 22.1 Å². The second kappa shape index (κ2) is 6.58. The van der Waals surface area contributed by atoms with E-state index >= 15 is 0 Å². The molecule has 0 atom stereocenters. The maximum atomic E-state index is 11.2. The van der Waals surface area contributed by atoms with Gasteiger partial charge in [0.15, 0.2) is 0 Å². The van der Waals surface area contributed by atoms with Gasteiger partial charge in [-0.25, -0.2) is 4.98 Å². The molecule has 1 aromatic heterocycles. The van der Waals surface area contributed by atoms with Crippen LogP contribution >= 0.6 is 11.3 Å². The largest absolute Gasteiger partial charge is 0.311 e. The number of hydrogen-bond donors (Lipinski definition) is 1. The minimum absolute atomic E-state index is 0.587. The van der Waals surface area contributed by atoms with Crippen LogP contribution in [0, 0.1) is 0 Å². The van der Waals surface area contributed by atoms with Crippen LogP contribution in [0.2, 0.25) is 0 Å². The maximum absolute atomic E-state index is 11.2. The highest BCUT2D eigenvalue weighted by atomic mass is 32.2. The lowest BCUT2D eigenvalue weighted by Gasteiger charge is -2.25. The fourth-order valence-electron chi connectivity index (χ4n) is 1.80. The van der Waals surface area contributed by atoms with E-state index in [2.05, 4.69) is 27.5 Å². The second-order valence-electron chi connectivity index (χ2n) is 4.14. The van der Waals surface area contributed by atoms with Gasteiger partial charge in [0.05, 0.1) is 5.69 Å². The summed E-state index contributed by atoms with van der Waals surface area (Å²) in [5.74, 6) is 1.63. The first-order valence-corrected chi connectivity index (χ1v) is 8.36. The van der Waals surface area contributed by atoms with E-state index in [1.165, 1.54) is 0 Å². The van der Waals surface area contributed by atoms with E-state index in [4.69, 9.17) is 0 Å². The monoisotopic (exact) mass is 273 g/mol. The third-order valence-corrected chi connectivity index (χ3v) is 4.95. The van der Waals surface area contributed by atoms with Gasteiger partial charge in [-0.1, -0.05) is 6.92 Å². The second-order valence-corrected chi connectivity index (χ2v) is 6.78. The zero-order valence-electron chi connectivity index (χ0n) is 10.1. The van der Waals surface area contributed by atoms with Gasteiger partial charge >= 0.3 is 0 Å². The van der Waals surface area contributed by atoms with Crippen molar-refractivity contribution in [2.45, 2.75) is 20.0 Å². The Morgan fingerprint density at radius 3 is 3.00 bits per heavy atom. The van der Waals surface area contributed by atoms with Gasteiger partial charge in [-0.05, 0) is 6.54 Å². The van der Waals surface area contributed by atoms with Crippen LogP contribution in [0.4, 0.5) is 0 Å². The van der Waals surface area contributed by atoms with Crippen molar-refractivity contribution in [1.29, 1.82) is 0 Å². The molecule has 1 saturated heterocycles. The molecule has 1 aliphatic heterocycles. The third-order valence-electron chi connectivity index (χ3n) is 2.78. The van der Waals surface area contributed by atoms with Gasteiger partial charge in [0.1, 0.15) is 5.01 Å². The van der Waals surface area contributed by atoms with E-state index in [1.807, 2.05) is 0 Å². The van der Waals surface area contributed by atoms with Crippen LogP contribution in [0.15, 0.2) is 5.38 Å². The molecule has 1 aliphatic rings. The molecule has 1 fully saturated rings. The normalized spacial score (nSPS) is 18.6. The van der Waals surface area contributed by atoms with Crippen molar-refractivity contribution in [3.8, 4) is 0 Å². The van der Waals surface area contributed by atoms with Crippen molar-refractivity contribution in [3.05, 3.63) is 16.1 Å². The molecule has 1 N–H and O–H groups in total. The molecule has 6 heteroatoms. The quantitative estimate of drug-likeness (QED) is 0.862. The topological polar surface area (TPSA) is 45.2 Å². The summed E-state index contributed by atoms with van der Waals surface area (Å²) >= 11 is 1.72. The highest BCUT2D eigenvalue weighted by molar-refractivity contribution is 7.85. The lowest BCUT2D eigenvalue weighted by atomic mass is 10.4. The van der Waals surface area contributed by atoms with E-state index in [9.17, 15) is 4.21 Å². The first kappa shape index (κ1) is 13.1. The lowest BCUT2D eigenvalue weighted by molar-refractivity contribution is 0.288. The first-order chi connectivity index (χ1) is 8.28. The van der Waals surface area contributed by atoms with E-state index < -0.39 is 10.8 Å². The molecule has 0 radical (unpaired) electrons. The maximum Gasteiger partial charge on any atom is 0.107 e. The van der Waals surface area contributed by atoms with Gasteiger partial charge in [0.2, 0.25) is 0 Å². The molecule has 0 bridgehead atoms.